The molecule has 1 atom stereocenters. The summed E-state index contributed by atoms with van der Waals surface area (Å²) in [6.07, 6.45) is 1.79. The Hall–Kier alpha value is -0.360. The molecular weight excluding hydrogens is 97.0 g/mol. The van der Waals surface area contributed by atoms with Crippen LogP contribution in [0.4, 0.5) is 0 Å². The van der Waals surface area contributed by atoms with Crippen molar-refractivity contribution >= 4 is 7.59 Å². The van der Waals surface area contributed by atoms with E-state index in [0.717, 1.165) is 0 Å². The maximum absolute atomic E-state index is 9.79. The Morgan fingerprint density at radius 2 is 2.50 bits per heavy atom. The molecule has 34 valence electrons. The lowest BCUT2D eigenvalue weighted by molar-refractivity contribution is 0.593. The Kier molecular flexibility index (Phi) is 2.68. The van der Waals surface area contributed by atoms with Gasteiger partial charge in [0.2, 0.25) is 0 Å². The molecule has 0 saturated carbocycles. The fourth-order valence-electron chi connectivity index (χ4n) is 0.117. The zero-order chi connectivity index (χ0) is 4.99. The van der Waals surface area contributed by atoms with Gasteiger partial charge < -0.3 is 0 Å². The first-order chi connectivity index (χ1) is 2.77. The van der Waals surface area contributed by atoms with Crippen molar-refractivity contribution in [2.24, 2.45) is 0 Å². The smallest absolute Gasteiger partial charge is 0.191 e. The van der Waals surface area contributed by atoms with E-state index in [1.807, 2.05) is 0 Å². The van der Waals surface area contributed by atoms with Gasteiger partial charge in [0, 0.05) is 0 Å². The zero-order valence-corrected chi connectivity index (χ0v) is 4.24. The number of nitrogens with one attached hydrogen (secondary N) is 1. The van der Waals surface area contributed by atoms with Gasteiger partial charge in [-0.05, 0) is 0 Å². The highest BCUT2D eigenvalue weighted by molar-refractivity contribution is 7.32. The normalized spacial score (nSPS) is 10.3. The van der Waals surface area contributed by atoms with Crippen LogP contribution in [0.15, 0.2) is 12.7 Å². The Morgan fingerprint density at radius 3 is 2.50 bits per heavy atom. The van der Waals surface area contributed by atoms with E-state index in [-0.39, 0.29) is 0 Å². The lowest BCUT2D eigenvalue weighted by atomic mass is 10.8. The second-order valence-electron chi connectivity index (χ2n) is 0.850. The van der Waals surface area contributed by atoms with Crippen LogP contribution in [-0.2, 0) is 4.57 Å². The van der Waals surface area contributed by atoms with Crippen LogP contribution in [0.3, 0.4) is 0 Å². The van der Waals surface area contributed by atoms with Crippen LogP contribution in [0.2, 0.25) is 0 Å². The van der Waals surface area contributed by atoms with Crippen molar-refractivity contribution in [1.29, 1.82) is 5.16 Å². The molecule has 0 spiro atoms. The first-order valence-electron chi connectivity index (χ1n) is 1.54. The summed E-state index contributed by atoms with van der Waals surface area (Å²) < 4.78 is 9.79. The molecule has 0 amide bonds. The zero-order valence-electron chi connectivity index (χ0n) is 3.35. The van der Waals surface area contributed by atoms with Crippen LogP contribution in [0.1, 0.15) is 0 Å². The highest BCUT2D eigenvalue weighted by Gasteiger charge is 1.71. The molecule has 3 heteroatoms. The standard InChI is InChI=1S/C3H6NOP/c1-2-3-6(4)5/h2,4H,1,3H2. The van der Waals surface area contributed by atoms with Crippen LogP contribution in [0.25, 0.3) is 0 Å². The molecule has 2 nitrogen and oxygen atoms in total. The molecule has 0 aromatic heterocycles. The summed E-state index contributed by atoms with van der Waals surface area (Å²) in [4.78, 5) is 0. The van der Waals surface area contributed by atoms with Gasteiger partial charge in [0.1, 0.15) is 0 Å². The molecule has 6 heavy (non-hydrogen) atoms. The second-order valence-corrected chi connectivity index (χ2v) is 1.97. The minimum absolute atomic E-state index is 0.315. The van der Waals surface area contributed by atoms with Gasteiger partial charge in [-0.25, -0.2) is 0 Å². The maximum Gasteiger partial charge on any atom is 0.191 e. The van der Waals surface area contributed by atoms with Crippen molar-refractivity contribution in [1.82, 2.24) is 0 Å². The minimum atomic E-state index is -1.72. The average molecular weight is 103 g/mol. The Bertz CT molecular complexity index is 97.4. The largest absolute Gasteiger partial charge is 0.262 e. The molecule has 0 saturated heterocycles. The summed E-state index contributed by atoms with van der Waals surface area (Å²) in [5.74, 6) is 0. The van der Waals surface area contributed by atoms with Crippen molar-refractivity contribution in [2.45, 2.75) is 0 Å². The van der Waals surface area contributed by atoms with Gasteiger partial charge in [-0.2, -0.15) is 0 Å². The molecule has 0 aliphatic rings. The van der Waals surface area contributed by atoms with E-state index in [9.17, 15) is 4.57 Å². The molecule has 0 fully saturated rings. The third kappa shape index (κ3) is 3.64. The summed E-state index contributed by atoms with van der Waals surface area (Å²) in [6.45, 7) is 3.30. The van der Waals surface area contributed by atoms with E-state index in [0.29, 0.717) is 6.16 Å². The molecule has 0 aromatic rings. The average Bonchev–Trinajstić information content (AvgIpc) is 1.35. The van der Waals surface area contributed by atoms with Gasteiger partial charge in [-0.1, -0.05) is 6.08 Å². The topological polar surface area (TPSA) is 40.9 Å². The molecule has 0 radical (unpaired) electrons. The molecule has 1 N–H and O–H groups in total. The Labute approximate surface area is 37.2 Å². The van der Waals surface area contributed by atoms with Gasteiger partial charge in [-0.15, -0.1) is 6.58 Å². The summed E-state index contributed by atoms with van der Waals surface area (Å²) in [5, 5.41) is 6.42. The van der Waals surface area contributed by atoms with Crippen molar-refractivity contribution in [2.75, 3.05) is 6.16 Å². The summed E-state index contributed by atoms with van der Waals surface area (Å²) in [5.41, 5.74) is 0. The molecule has 0 bridgehead atoms. The molecule has 0 rings (SSSR count). The monoisotopic (exact) mass is 103 g/mol. The van der Waals surface area contributed by atoms with Gasteiger partial charge in [-0.3, -0.25) is 9.73 Å². The van der Waals surface area contributed by atoms with Crippen LogP contribution >= 0.6 is 7.59 Å². The van der Waals surface area contributed by atoms with Crippen molar-refractivity contribution in [3.63, 3.8) is 0 Å². The first kappa shape index (κ1) is 5.64. The Balaban J connectivity index is 3.32. The van der Waals surface area contributed by atoms with E-state index in [1.54, 1.807) is 0 Å². The Morgan fingerprint density at radius 1 is 2.00 bits per heavy atom. The fraction of sp³-hybridized carbons (Fsp3) is 0.333. The highest BCUT2D eigenvalue weighted by atomic mass is 31.1. The molecule has 0 aromatic carbocycles. The highest BCUT2D eigenvalue weighted by Crippen LogP contribution is 2.00. The van der Waals surface area contributed by atoms with Crippen LogP contribution < -0.4 is 0 Å². The quantitative estimate of drug-likeness (QED) is 0.419. The van der Waals surface area contributed by atoms with Crippen molar-refractivity contribution < 1.29 is 4.57 Å². The number of rotatable bonds is 2. The van der Waals surface area contributed by atoms with Crippen LogP contribution in [0.5, 0.6) is 0 Å². The number of hydrogen-bond donors (Lipinski definition) is 1. The predicted molar refractivity (Wildman–Crippen MR) is 25.4 cm³/mol. The third-order valence-electron chi connectivity index (χ3n) is 0.295. The van der Waals surface area contributed by atoms with E-state index in [2.05, 4.69) is 6.58 Å². The summed E-state index contributed by atoms with van der Waals surface area (Å²) >= 11 is 0. The van der Waals surface area contributed by atoms with Gasteiger partial charge in [0.25, 0.3) is 0 Å². The van der Waals surface area contributed by atoms with E-state index in [1.165, 1.54) is 6.08 Å². The van der Waals surface area contributed by atoms with E-state index >= 15 is 0 Å². The van der Waals surface area contributed by atoms with Gasteiger partial charge in [0.15, 0.2) is 7.59 Å². The van der Waals surface area contributed by atoms with Crippen molar-refractivity contribution in [3.05, 3.63) is 12.7 Å². The van der Waals surface area contributed by atoms with E-state index < -0.39 is 7.59 Å². The van der Waals surface area contributed by atoms with Crippen LogP contribution in [0, 0.1) is 5.16 Å². The number of allylic oxidation sites excluding steroid dienone is 1. The predicted octanol–water partition coefficient (Wildman–Crippen LogP) is 1.76. The second kappa shape index (κ2) is 2.86. The van der Waals surface area contributed by atoms with E-state index in [4.69, 9.17) is 5.16 Å². The van der Waals surface area contributed by atoms with Gasteiger partial charge in [0.05, 0.1) is 6.16 Å². The van der Waals surface area contributed by atoms with Crippen LogP contribution in [-0.4, -0.2) is 6.16 Å². The lowest BCUT2D eigenvalue weighted by Gasteiger charge is -1.64. The number of hydrogen-bond acceptors (Lipinski definition) is 2. The molecule has 0 aliphatic carbocycles. The maximum atomic E-state index is 9.79. The SMILES string of the molecule is C=CCP(=N)=O. The molecule has 1 unspecified atom stereocenters. The lowest BCUT2D eigenvalue weighted by Crippen LogP contribution is -1.52. The molecule has 0 aliphatic heterocycles. The molecule has 0 heterocycles. The third-order valence-corrected chi connectivity index (χ3v) is 0.885. The minimum Gasteiger partial charge on any atom is -0.262 e. The fourth-order valence-corrected chi connectivity index (χ4v) is 0.352. The van der Waals surface area contributed by atoms with Gasteiger partial charge >= 0.3 is 0 Å². The molecular formula is C3H6NOP. The summed E-state index contributed by atoms with van der Waals surface area (Å²) in [7, 11) is -1.72. The summed E-state index contributed by atoms with van der Waals surface area (Å²) in [6, 6.07) is 0. The van der Waals surface area contributed by atoms with Crippen molar-refractivity contribution in [3.8, 4) is 0 Å². The first-order valence-corrected chi connectivity index (χ1v) is 2.98.